The van der Waals surface area contributed by atoms with Gasteiger partial charge in [0.2, 0.25) is 0 Å². The third-order valence-corrected chi connectivity index (χ3v) is 4.28. The number of piperidine rings is 1. The Hall–Kier alpha value is -1.07. The fourth-order valence-electron chi connectivity index (χ4n) is 2.62. The highest BCUT2D eigenvalue weighted by molar-refractivity contribution is 9.10. The molecule has 0 bridgehead atoms. The zero-order valence-electron chi connectivity index (χ0n) is 11.9. The molecule has 0 spiro atoms. The van der Waals surface area contributed by atoms with Crippen molar-refractivity contribution < 1.29 is 14.3 Å². The Morgan fingerprint density at radius 2 is 2.25 bits per heavy atom. The van der Waals surface area contributed by atoms with Crippen LogP contribution in [0.5, 0.6) is 5.75 Å². The second-order valence-corrected chi connectivity index (χ2v) is 5.92. The van der Waals surface area contributed by atoms with Gasteiger partial charge in [0, 0.05) is 13.1 Å². The van der Waals surface area contributed by atoms with Crippen LogP contribution in [0.1, 0.15) is 18.4 Å². The second-order valence-electron chi connectivity index (χ2n) is 5.07. The molecule has 4 nitrogen and oxygen atoms in total. The Kier molecular flexibility index (Phi) is 5.43. The summed E-state index contributed by atoms with van der Waals surface area (Å²) in [5.74, 6) is 0.751. The number of benzene rings is 1. The molecule has 2 rings (SSSR count). The number of likely N-dealkylation sites (tertiary alicyclic amines) is 1. The Balaban J connectivity index is 1.99. The molecule has 1 fully saturated rings. The molecule has 5 heteroatoms. The number of halogens is 1. The molecule has 1 heterocycles. The fourth-order valence-corrected chi connectivity index (χ4v) is 3.21. The van der Waals surface area contributed by atoms with E-state index in [-0.39, 0.29) is 11.9 Å². The van der Waals surface area contributed by atoms with Crippen LogP contribution in [0, 0.1) is 5.92 Å². The van der Waals surface area contributed by atoms with Gasteiger partial charge in [-0.3, -0.25) is 9.69 Å². The van der Waals surface area contributed by atoms with E-state index in [0.29, 0.717) is 0 Å². The molecular weight excluding hydrogens is 322 g/mol. The maximum Gasteiger partial charge on any atom is 0.309 e. The molecule has 20 heavy (non-hydrogen) atoms. The number of rotatable bonds is 4. The highest BCUT2D eigenvalue weighted by Gasteiger charge is 2.26. The van der Waals surface area contributed by atoms with Gasteiger partial charge in [0.25, 0.3) is 0 Å². The third kappa shape index (κ3) is 3.73. The van der Waals surface area contributed by atoms with Gasteiger partial charge in [0.05, 0.1) is 24.6 Å². The van der Waals surface area contributed by atoms with Crippen molar-refractivity contribution in [2.24, 2.45) is 5.92 Å². The maximum absolute atomic E-state index is 11.6. The van der Waals surface area contributed by atoms with Gasteiger partial charge >= 0.3 is 5.97 Å². The third-order valence-electron chi connectivity index (χ3n) is 3.66. The number of nitrogens with zero attached hydrogens (tertiary/aromatic N) is 1. The van der Waals surface area contributed by atoms with Crippen LogP contribution in [0.2, 0.25) is 0 Å². The van der Waals surface area contributed by atoms with Crippen molar-refractivity contribution in [3.8, 4) is 5.75 Å². The van der Waals surface area contributed by atoms with Crippen molar-refractivity contribution in [2.75, 3.05) is 27.3 Å². The van der Waals surface area contributed by atoms with Crippen LogP contribution in [0.3, 0.4) is 0 Å². The molecular formula is C15H20BrNO3. The molecule has 1 aliphatic heterocycles. The topological polar surface area (TPSA) is 38.8 Å². The minimum Gasteiger partial charge on any atom is -0.496 e. The van der Waals surface area contributed by atoms with Gasteiger partial charge in [-0.1, -0.05) is 6.07 Å². The summed E-state index contributed by atoms with van der Waals surface area (Å²) < 4.78 is 11.0. The molecule has 1 aromatic rings. The van der Waals surface area contributed by atoms with Gasteiger partial charge in [-0.25, -0.2) is 0 Å². The smallest absolute Gasteiger partial charge is 0.309 e. The standard InChI is InChI=1S/C15H20BrNO3/c1-19-14-6-5-11(8-13(14)16)9-17-7-3-4-12(10-17)15(18)20-2/h5-6,8,12H,3-4,7,9-10H2,1-2H3. The van der Waals surface area contributed by atoms with Crippen LogP contribution in [0.4, 0.5) is 0 Å². The van der Waals surface area contributed by atoms with Crippen molar-refractivity contribution in [2.45, 2.75) is 19.4 Å². The molecule has 1 saturated heterocycles. The molecule has 0 N–H and O–H groups in total. The molecule has 1 aromatic carbocycles. The Bertz CT molecular complexity index is 478. The lowest BCUT2D eigenvalue weighted by Gasteiger charge is -2.31. The van der Waals surface area contributed by atoms with Crippen molar-refractivity contribution >= 4 is 21.9 Å². The van der Waals surface area contributed by atoms with E-state index in [9.17, 15) is 4.79 Å². The Morgan fingerprint density at radius 1 is 1.45 bits per heavy atom. The van der Waals surface area contributed by atoms with Gasteiger partial charge in [0.15, 0.2) is 0 Å². The molecule has 0 saturated carbocycles. The molecule has 0 aliphatic carbocycles. The maximum atomic E-state index is 11.6. The lowest BCUT2D eigenvalue weighted by Crippen LogP contribution is -2.38. The number of hydrogen-bond acceptors (Lipinski definition) is 4. The fraction of sp³-hybridized carbons (Fsp3) is 0.533. The average Bonchev–Trinajstić information content (AvgIpc) is 2.47. The van der Waals surface area contributed by atoms with E-state index < -0.39 is 0 Å². The van der Waals surface area contributed by atoms with Gasteiger partial charge < -0.3 is 9.47 Å². The SMILES string of the molecule is COC(=O)C1CCCN(Cc2ccc(OC)c(Br)c2)C1. The highest BCUT2D eigenvalue weighted by Crippen LogP contribution is 2.27. The number of carbonyl (C=O) groups is 1. The van der Waals surface area contributed by atoms with Gasteiger partial charge in [-0.15, -0.1) is 0 Å². The minimum atomic E-state index is -0.0920. The lowest BCUT2D eigenvalue weighted by molar-refractivity contribution is -0.147. The van der Waals surface area contributed by atoms with Crippen molar-refractivity contribution in [3.63, 3.8) is 0 Å². The van der Waals surface area contributed by atoms with Crippen molar-refractivity contribution in [1.82, 2.24) is 4.90 Å². The average molecular weight is 342 g/mol. The van der Waals surface area contributed by atoms with Crippen molar-refractivity contribution in [3.05, 3.63) is 28.2 Å². The first-order valence-corrected chi connectivity index (χ1v) is 7.56. The zero-order chi connectivity index (χ0) is 14.5. The van der Waals surface area contributed by atoms with Crippen LogP contribution < -0.4 is 4.74 Å². The number of ether oxygens (including phenoxy) is 2. The summed E-state index contributed by atoms with van der Waals surface area (Å²) in [4.78, 5) is 13.9. The largest absolute Gasteiger partial charge is 0.496 e. The molecule has 110 valence electrons. The minimum absolute atomic E-state index is 0.00967. The van der Waals surface area contributed by atoms with Gasteiger partial charge in [-0.05, 0) is 53.0 Å². The number of carbonyl (C=O) groups excluding carboxylic acids is 1. The highest BCUT2D eigenvalue weighted by atomic mass is 79.9. The quantitative estimate of drug-likeness (QED) is 0.789. The molecule has 0 radical (unpaired) electrons. The first-order valence-electron chi connectivity index (χ1n) is 6.76. The molecule has 1 atom stereocenters. The van der Waals surface area contributed by atoms with Crippen LogP contribution in [0.25, 0.3) is 0 Å². The second kappa shape index (κ2) is 7.09. The first-order chi connectivity index (χ1) is 9.63. The van der Waals surface area contributed by atoms with E-state index >= 15 is 0 Å². The summed E-state index contributed by atoms with van der Waals surface area (Å²) in [7, 11) is 3.12. The molecule has 1 unspecified atom stereocenters. The summed E-state index contributed by atoms with van der Waals surface area (Å²) in [6.45, 7) is 2.64. The molecule has 0 aromatic heterocycles. The number of esters is 1. The van der Waals surface area contributed by atoms with E-state index in [4.69, 9.17) is 9.47 Å². The van der Waals surface area contributed by atoms with Crippen LogP contribution in [0.15, 0.2) is 22.7 Å². The molecule has 0 amide bonds. The summed E-state index contributed by atoms with van der Waals surface area (Å²) in [5.41, 5.74) is 1.21. The summed E-state index contributed by atoms with van der Waals surface area (Å²) >= 11 is 3.50. The van der Waals surface area contributed by atoms with Gasteiger partial charge in [0.1, 0.15) is 5.75 Å². The summed E-state index contributed by atoms with van der Waals surface area (Å²) in [6, 6.07) is 6.09. The van der Waals surface area contributed by atoms with E-state index in [1.54, 1.807) is 7.11 Å². The van der Waals surface area contributed by atoms with Crippen LogP contribution in [-0.2, 0) is 16.1 Å². The van der Waals surface area contributed by atoms with E-state index in [2.05, 4.69) is 33.0 Å². The Morgan fingerprint density at radius 3 is 2.90 bits per heavy atom. The van der Waals surface area contributed by atoms with Crippen LogP contribution in [-0.4, -0.2) is 38.2 Å². The molecule has 1 aliphatic rings. The lowest BCUT2D eigenvalue weighted by atomic mass is 9.98. The number of hydrogen-bond donors (Lipinski definition) is 0. The number of methoxy groups -OCH3 is 2. The monoisotopic (exact) mass is 341 g/mol. The predicted octanol–water partition coefficient (Wildman–Crippen LogP) is 2.84. The van der Waals surface area contributed by atoms with Gasteiger partial charge in [-0.2, -0.15) is 0 Å². The predicted molar refractivity (Wildman–Crippen MR) is 80.7 cm³/mol. The zero-order valence-corrected chi connectivity index (χ0v) is 13.5. The van der Waals surface area contributed by atoms with Crippen LogP contribution >= 0.6 is 15.9 Å². The summed E-state index contributed by atoms with van der Waals surface area (Å²) in [6.07, 6.45) is 1.96. The van der Waals surface area contributed by atoms with Crippen molar-refractivity contribution in [1.29, 1.82) is 0 Å². The van der Waals surface area contributed by atoms with E-state index in [1.807, 2.05) is 6.07 Å². The first kappa shape index (κ1) is 15.3. The Labute approximate surface area is 128 Å². The van der Waals surface area contributed by atoms with E-state index in [1.165, 1.54) is 12.7 Å². The summed E-state index contributed by atoms with van der Waals surface area (Å²) in [5, 5.41) is 0. The van der Waals surface area contributed by atoms with E-state index in [0.717, 1.165) is 42.7 Å². The normalized spacial score (nSPS) is 19.6.